The Hall–Kier alpha value is -1.88. The molecule has 1 aromatic heterocycles. The zero-order chi connectivity index (χ0) is 13.7. The van der Waals surface area contributed by atoms with Crippen molar-refractivity contribution in [2.75, 3.05) is 11.9 Å². The van der Waals surface area contributed by atoms with Gasteiger partial charge in [-0.2, -0.15) is 0 Å². The van der Waals surface area contributed by atoms with E-state index in [1.54, 1.807) is 0 Å². The summed E-state index contributed by atoms with van der Waals surface area (Å²) in [6.07, 6.45) is 1.09. The molecule has 2 rings (SSSR count). The zero-order valence-corrected chi connectivity index (χ0v) is 11.7. The van der Waals surface area contributed by atoms with E-state index >= 15 is 0 Å². The minimum Gasteiger partial charge on any atom is -0.406 e. The minimum absolute atomic E-state index is 0.429. The van der Waals surface area contributed by atoms with Gasteiger partial charge in [0.15, 0.2) is 0 Å². The molecule has 5 heteroatoms. The van der Waals surface area contributed by atoms with Crippen LogP contribution in [-0.2, 0) is 6.54 Å². The Kier molecular flexibility index (Phi) is 4.52. The molecule has 2 N–H and O–H groups in total. The first-order valence-corrected chi connectivity index (χ1v) is 6.56. The highest BCUT2D eigenvalue weighted by Gasteiger charge is 2.06. The largest absolute Gasteiger partial charge is 0.406 e. The van der Waals surface area contributed by atoms with Crippen LogP contribution in [0.15, 0.2) is 22.6 Å². The topological polar surface area (TPSA) is 63.0 Å². The first kappa shape index (κ1) is 13.5. The molecule has 0 aliphatic carbocycles. The van der Waals surface area contributed by atoms with Crippen LogP contribution < -0.4 is 10.6 Å². The molecule has 0 atom stereocenters. The van der Waals surface area contributed by atoms with E-state index in [1.807, 2.05) is 12.1 Å². The number of anilines is 2. The van der Waals surface area contributed by atoms with E-state index in [0.717, 1.165) is 18.7 Å². The van der Waals surface area contributed by atoms with Crippen molar-refractivity contribution >= 4 is 11.7 Å². The predicted octanol–water partition coefficient (Wildman–Crippen LogP) is 2.93. The summed E-state index contributed by atoms with van der Waals surface area (Å²) < 4.78 is 5.52. The monoisotopic (exact) mass is 260 g/mol. The van der Waals surface area contributed by atoms with Crippen LogP contribution in [0.3, 0.4) is 0 Å². The number of hydrogen-bond acceptors (Lipinski definition) is 5. The molecule has 0 amide bonds. The lowest BCUT2D eigenvalue weighted by atomic mass is 10.1. The number of hydrogen-bond donors (Lipinski definition) is 2. The average Bonchev–Trinajstić information content (AvgIpc) is 2.76. The summed E-state index contributed by atoms with van der Waals surface area (Å²) in [4.78, 5) is 0. The van der Waals surface area contributed by atoms with E-state index in [0.29, 0.717) is 18.5 Å². The summed E-state index contributed by atoms with van der Waals surface area (Å²) in [7, 11) is 0. The van der Waals surface area contributed by atoms with Crippen molar-refractivity contribution in [2.45, 2.75) is 33.7 Å². The Morgan fingerprint density at radius 1 is 1.11 bits per heavy atom. The lowest BCUT2D eigenvalue weighted by molar-refractivity contribution is 0.479. The summed E-state index contributed by atoms with van der Waals surface area (Å²) >= 11 is 0. The maximum Gasteiger partial charge on any atom is 0.320 e. The van der Waals surface area contributed by atoms with Crippen molar-refractivity contribution in [3.63, 3.8) is 0 Å². The van der Waals surface area contributed by atoms with Gasteiger partial charge in [0.25, 0.3) is 0 Å². The average molecular weight is 260 g/mol. The second kappa shape index (κ2) is 6.33. The molecule has 0 aliphatic rings. The summed E-state index contributed by atoms with van der Waals surface area (Å²) in [5.41, 5.74) is 3.37. The Morgan fingerprint density at radius 2 is 1.84 bits per heavy atom. The smallest absolute Gasteiger partial charge is 0.320 e. The van der Waals surface area contributed by atoms with Gasteiger partial charge >= 0.3 is 6.01 Å². The zero-order valence-electron chi connectivity index (χ0n) is 11.7. The van der Waals surface area contributed by atoms with Gasteiger partial charge in [-0.15, -0.1) is 5.10 Å². The van der Waals surface area contributed by atoms with Crippen molar-refractivity contribution in [1.29, 1.82) is 0 Å². The molecule has 0 saturated heterocycles. The molecule has 0 aliphatic heterocycles. The van der Waals surface area contributed by atoms with Crippen LogP contribution in [0.5, 0.6) is 0 Å². The molecule has 0 unspecified atom stereocenters. The van der Waals surface area contributed by atoms with Crippen molar-refractivity contribution < 1.29 is 4.42 Å². The fourth-order valence-electron chi connectivity index (χ4n) is 1.92. The third kappa shape index (κ3) is 4.06. The first-order valence-electron chi connectivity index (χ1n) is 6.56. The van der Waals surface area contributed by atoms with Gasteiger partial charge in [0, 0.05) is 5.69 Å². The normalized spacial score (nSPS) is 10.7. The van der Waals surface area contributed by atoms with Gasteiger partial charge in [-0.3, -0.25) is 0 Å². The van der Waals surface area contributed by atoms with Gasteiger partial charge in [0.2, 0.25) is 5.89 Å². The third-order valence-corrected chi connectivity index (χ3v) is 2.64. The van der Waals surface area contributed by atoms with Gasteiger partial charge in [-0.1, -0.05) is 18.1 Å². The van der Waals surface area contributed by atoms with Crippen molar-refractivity contribution in [1.82, 2.24) is 15.5 Å². The molecule has 5 nitrogen and oxygen atoms in total. The minimum atomic E-state index is 0.429. The summed E-state index contributed by atoms with van der Waals surface area (Å²) in [6, 6.07) is 6.65. The maximum atomic E-state index is 5.52. The van der Waals surface area contributed by atoms with Gasteiger partial charge in [-0.25, -0.2) is 0 Å². The lowest BCUT2D eigenvalue weighted by Crippen LogP contribution is -2.13. The molecule has 102 valence electrons. The second-order valence-corrected chi connectivity index (χ2v) is 4.68. The molecule has 0 spiro atoms. The summed E-state index contributed by atoms with van der Waals surface area (Å²) in [6.45, 7) is 7.80. The lowest BCUT2D eigenvalue weighted by Gasteiger charge is -2.04. The number of aromatic nitrogens is 2. The molecular formula is C14H20N4O. The quantitative estimate of drug-likeness (QED) is 0.782. The van der Waals surface area contributed by atoms with E-state index in [-0.39, 0.29) is 0 Å². The number of nitrogens with zero attached hydrogens (tertiary/aromatic N) is 2. The van der Waals surface area contributed by atoms with Gasteiger partial charge in [-0.05, 0) is 50.1 Å². The number of nitrogens with one attached hydrogen (secondary N) is 2. The summed E-state index contributed by atoms with van der Waals surface area (Å²) in [5.74, 6) is 0.598. The molecule has 0 fully saturated rings. The number of benzene rings is 1. The fraction of sp³-hybridized carbons (Fsp3) is 0.429. The second-order valence-electron chi connectivity index (χ2n) is 4.68. The Bertz CT molecular complexity index is 516. The van der Waals surface area contributed by atoms with Crippen LogP contribution in [-0.4, -0.2) is 16.7 Å². The molecule has 0 radical (unpaired) electrons. The highest BCUT2D eigenvalue weighted by Crippen LogP contribution is 2.18. The Morgan fingerprint density at radius 3 is 2.53 bits per heavy atom. The van der Waals surface area contributed by atoms with Crippen molar-refractivity contribution in [2.24, 2.45) is 0 Å². The molecular weight excluding hydrogens is 240 g/mol. The molecule has 0 bridgehead atoms. The van der Waals surface area contributed by atoms with Crippen LogP contribution >= 0.6 is 0 Å². The SMILES string of the molecule is CCCNCc1nnc(Nc2cc(C)cc(C)c2)o1. The van der Waals surface area contributed by atoms with E-state index < -0.39 is 0 Å². The molecule has 0 saturated carbocycles. The van der Waals surface area contributed by atoms with Crippen LogP contribution in [0, 0.1) is 13.8 Å². The fourth-order valence-corrected chi connectivity index (χ4v) is 1.92. The van der Waals surface area contributed by atoms with E-state index in [9.17, 15) is 0 Å². The predicted molar refractivity (Wildman–Crippen MR) is 75.5 cm³/mol. The third-order valence-electron chi connectivity index (χ3n) is 2.64. The molecule has 2 aromatic rings. The maximum absolute atomic E-state index is 5.52. The Labute approximate surface area is 113 Å². The van der Waals surface area contributed by atoms with Crippen LogP contribution in [0.2, 0.25) is 0 Å². The van der Waals surface area contributed by atoms with Crippen molar-refractivity contribution in [3.8, 4) is 0 Å². The van der Waals surface area contributed by atoms with E-state index in [1.165, 1.54) is 11.1 Å². The molecule has 1 heterocycles. The van der Waals surface area contributed by atoms with Crippen LogP contribution in [0.4, 0.5) is 11.7 Å². The number of aryl methyl sites for hydroxylation is 2. The standard InChI is InChI=1S/C14H20N4O/c1-4-5-15-9-13-17-18-14(19-13)16-12-7-10(2)6-11(3)8-12/h6-8,15H,4-5,9H2,1-3H3,(H,16,18). The highest BCUT2D eigenvalue weighted by molar-refractivity contribution is 5.54. The van der Waals surface area contributed by atoms with E-state index in [4.69, 9.17) is 4.42 Å². The summed E-state index contributed by atoms with van der Waals surface area (Å²) in [5, 5.41) is 14.3. The molecule has 1 aromatic carbocycles. The number of rotatable bonds is 6. The first-order chi connectivity index (χ1) is 9.17. The van der Waals surface area contributed by atoms with Gasteiger partial charge in [0.05, 0.1) is 6.54 Å². The Balaban J connectivity index is 1.99. The molecule has 19 heavy (non-hydrogen) atoms. The van der Waals surface area contributed by atoms with Crippen LogP contribution in [0.25, 0.3) is 0 Å². The van der Waals surface area contributed by atoms with Gasteiger partial charge < -0.3 is 15.1 Å². The van der Waals surface area contributed by atoms with Crippen LogP contribution in [0.1, 0.15) is 30.4 Å². The van der Waals surface area contributed by atoms with E-state index in [2.05, 4.69) is 47.7 Å². The van der Waals surface area contributed by atoms with Gasteiger partial charge in [0.1, 0.15) is 0 Å². The highest BCUT2D eigenvalue weighted by atomic mass is 16.4. The van der Waals surface area contributed by atoms with Crippen molar-refractivity contribution in [3.05, 3.63) is 35.2 Å².